The summed E-state index contributed by atoms with van der Waals surface area (Å²) in [5.41, 5.74) is -0.231. The lowest BCUT2D eigenvalue weighted by atomic mass is 10.1. The second-order valence-corrected chi connectivity index (χ2v) is 5.41. The van der Waals surface area contributed by atoms with Gasteiger partial charge in [-0.05, 0) is 31.2 Å². The summed E-state index contributed by atoms with van der Waals surface area (Å²) in [4.78, 5) is 8.04. The van der Waals surface area contributed by atoms with E-state index >= 15 is 0 Å². The third-order valence-electron chi connectivity index (χ3n) is 3.17. The first kappa shape index (κ1) is 17.1. The number of alkyl halides is 3. The van der Waals surface area contributed by atoms with Gasteiger partial charge in [0, 0.05) is 5.56 Å². The summed E-state index contributed by atoms with van der Waals surface area (Å²) in [5, 5.41) is 8.04. The quantitative estimate of drug-likeness (QED) is 0.628. The van der Waals surface area contributed by atoms with Crippen LogP contribution in [0, 0.1) is 6.92 Å². The van der Waals surface area contributed by atoms with Gasteiger partial charge in [-0.2, -0.15) is 18.2 Å². The average molecular weight is 367 g/mol. The Bertz CT molecular complexity index is 901. The first-order valence-electron chi connectivity index (χ1n) is 7.01. The van der Waals surface area contributed by atoms with Gasteiger partial charge in [-0.1, -0.05) is 23.7 Å². The van der Waals surface area contributed by atoms with Gasteiger partial charge in [0.25, 0.3) is 0 Å². The van der Waals surface area contributed by atoms with Crippen LogP contribution >= 0.6 is 11.6 Å². The Morgan fingerprint density at radius 1 is 1.08 bits per heavy atom. The van der Waals surface area contributed by atoms with Crippen LogP contribution in [0.3, 0.4) is 0 Å². The highest BCUT2D eigenvalue weighted by molar-refractivity contribution is 6.29. The van der Waals surface area contributed by atoms with Crippen LogP contribution in [0.1, 0.15) is 11.3 Å². The molecule has 0 aliphatic heterocycles. The summed E-state index contributed by atoms with van der Waals surface area (Å²) in [5.74, 6) is 0.503. The molecule has 1 aromatic carbocycles. The summed E-state index contributed by atoms with van der Waals surface area (Å²) in [6.45, 7) is 1.62. The molecule has 0 fully saturated rings. The van der Waals surface area contributed by atoms with Gasteiger partial charge in [0.05, 0.1) is 11.8 Å². The van der Waals surface area contributed by atoms with E-state index in [0.29, 0.717) is 16.6 Å². The molecule has 0 saturated carbocycles. The minimum Gasteiger partial charge on any atom is -0.436 e. The van der Waals surface area contributed by atoms with Crippen LogP contribution in [0.4, 0.5) is 13.2 Å². The van der Waals surface area contributed by atoms with Crippen molar-refractivity contribution in [1.82, 2.24) is 20.2 Å². The van der Waals surface area contributed by atoms with Crippen LogP contribution in [-0.2, 0) is 6.18 Å². The van der Waals surface area contributed by atoms with Crippen LogP contribution in [0.5, 0.6) is 11.6 Å². The van der Waals surface area contributed by atoms with Crippen molar-refractivity contribution in [3.05, 3.63) is 59.0 Å². The number of aryl methyl sites for hydroxylation is 1. The number of ether oxygens (including phenoxy) is 1. The maximum absolute atomic E-state index is 12.8. The van der Waals surface area contributed by atoms with Gasteiger partial charge in [0.15, 0.2) is 5.82 Å². The Kier molecular flexibility index (Phi) is 4.54. The lowest BCUT2D eigenvalue weighted by Crippen LogP contribution is -2.05. The van der Waals surface area contributed by atoms with Crippen molar-refractivity contribution >= 4 is 11.6 Å². The molecule has 0 spiro atoms. The molecule has 2 heterocycles. The molecule has 128 valence electrons. The summed E-state index contributed by atoms with van der Waals surface area (Å²) in [6.07, 6.45) is -3.06. The van der Waals surface area contributed by atoms with Crippen molar-refractivity contribution in [2.45, 2.75) is 13.1 Å². The first-order chi connectivity index (χ1) is 11.8. The topological polar surface area (TPSA) is 60.8 Å². The van der Waals surface area contributed by atoms with E-state index in [9.17, 15) is 13.2 Å². The molecular weight excluding hydrogens is 357 g/mol. The molecule has 0 bridgehead atoms. The number of halogens is 4. The maximum Gasteiger partial charge on any atom is 0.416 e. The molecule has 0 unspecified atom stereocenters. The molecule has 0 saturated heterocycles. The maximum atomic E-state index is 12.8. The SMILES string of the molecule is Cc1nnc(-c2cccc(C(F)(F)F)c2)nc1Oc1ccc(Cl)nc1. The normalized spacial score (nSPS) is 11.4. The van der Waals surface area contributed by atoms with Crippen LogP contribution < -0.4 is 4.74 Å². The van der Waals surface area contributed by atoms with Crippen LogP contribution in [0.15, 0.2) is 42.6 Å². The number of hydrogen-bond donors (Lipinski definition) is 0. The second kappa shape index (κ2) is 6.64. The van der Waals surface area contributed by atoms with E-state index in [1.54, 1.807) is 13.0 Å². The standard InChI is InChI=1S/C16H10ClF3N4O/c1-9-15(25-12-5-6-13(17)21-8-12)22-14(24-23-9)10-3-2-4-11(7-10)16(18,19)20/h2-8H,1H3. The average Bonchev–Trinajstić information content (AvgIpc) is 2.58. The summed E-state index contributed by atoms with van der Waals surface area (Å²) in [6, 6.07) is 7.80. The molecule has 0 aliphatic rings. The minimum atomic E-state index is -4.46. The number of nitrogens with zero attached hydrogens (tertiary/aromatic N) is 4. The van der Waals surface area contributed by atoms with Gasteiger partial charge in [0.1, 0.15) is 16.6 Å². The van der Waals surface area contributed by atoms with Crippen molar-refractivity contribution in [3.8, 4) is 23.0 Å². The molecule has 25 heavy (non-hydrogen) atoms. The fraction of sp³-hybridized carbons (Fsp3) is 0.125. The van der Waals surface area contributed by atoms with Crippen LogP contribution in [0.2, 0.25) is 5.15 Å². The van der Waals surface area contributed by atoms with E-state index < -0.39 is 11.7 Å². The molecular formula is C16H10ClF3N4O. The number of rotatable bonds is 3. The molecule has 0 N–H and O–H groups in total. The van der Waals surface area contributed by atoms with Gasteiger partial charge in [-0.3, -0.25) is 0 Å². The van der Waals surface area contributed by atoms with Gasteiger partial charge in [-0.15, -0.1) is 10.2 Å². The van der Waals surface area contributed by atoms with E-state index in [1.165, 1.54) is 24.4 Å². The van der Waals surface area contributed by atoms with E-state index in [1.807, 2.05) is 0 Å². The molecule has 0 atom stereocenters. The molecule has 0 amide bonds. The van der Waals surface area contributed by atoms with E-state index in [0.717, 1.165) is 12.1 Å². The summed E-state index contributed by atoms with van der Waals surface area (Å²) in [7, 11) is 0. The predicted octanol–water partition coefficient (Wildman–Crippen LogP) is 4.71. The van der Waals surface area contributed by atoms with E-state index in [2.05, 4.69) is 20.2 Å². The zero-order valence-corrected chi connectivity index (χ0v) is 13.5. The molecule has 3 rings (SSSR count). The third-order valence-corrected chi connectivity index (χ3v) is 3.40. The largest absolute Gasteiger partial charge is 0.436 e. The van der Waals surface area contributed by atoms with Gasteiger partial charge < -0.3 is 4.74 Å². The van der Waals surface area contributed by atoms with Crippen LogP contribution in [0.25, 0.3) is 11.4 Å². The van der Waals surface area contributed by atoms with Crippen molar-refractivity contribution in [3.63, 3.8) is 0 Å². The molecule has 9 heteroatoms. The Balaban J connectivity index is 1.95. The Labute approximate surface area is 145 Å². The highest BCUT2D eigenvalue weighted by atomic mass is 35.5. The fourth-order valence-electron chi connectivity index (χ4n) is 1.95. The summed E-state index contributed by atoms with van der Waals surface area (Å²) < 4.78 is 44.1. The monoisotopic (exact) mass is 366 g/mol. The number of aromatic nitrogens is 4. The molecule has 3 aromatic rings. The molecule has 0 radical (unpaired) electrons. The van der Waals surface area contributed by atoms with Crippen molar-refractivity contribution < 1.29 is 17.9 Å². The number of hydrogen-bond acceptors (Lipinski definition) is 5. The lowest BCUT2D eigenvalue weighted by Gasteiger charge is -2.10. The first-order valence-corrected chi connectivity index (χ1v) is 7.39. The second-order valence-electron chi connectivity index (χ2n) is 5.02. The zero-order chi connectivity index (χ0) is 18.0. The van der Waals surface area contributed by atoms with Crippen molar-refractivity contribution in [2.75, 3.05) is 0 Å². The number of pyridine rings is 1. The third kappa shape index (κ3) is 4.03. The van der Waals surface area contributed by atoms with E-state index in [4.69, 9.17) is 16.3 Å². The fourth-order valence-corrected chi connectivity index (χ4v) is 2.06. The Morgan fingerprint density at radius 2 is 1.88 bits per heavy atom. The highest BCUT2D eigenvalue weighted by Gasteiger charge is 2.30. The van der Waals surface area contributed by atoms with Crippen molar-refractivity contribution in [1.29, 1.82) is 0 Å². The zero-order valence-electron chi connectivity index (χ0n) is 12.8. The Morgan fingerprint density at radius 3 is 2.56 bits per heavy atom. The smallest absolute Gasteiger partial charge is 0.416 e. The predicted molar refractivity (Wildman–Crippen MR) is 84.3 cm³/mol. The van der Waals surface area contributed by atoms with E-state index in [-0.39, 0.29) is 17.3 Å². The number of benzene rings is 1. The van der Waals surface area contributed by atoms with Gasteiger partial charge in [-0.25, -0.2) is 4.98 Å². The highest BCUT2D eigenvalue weighted by Crippen LogP contribution is 2.32. The lowest BCUT2D eigenvalue weighted by molar-refractivity contribution is -0.137. The molecule has 2 aromatic heterocycles. The molecule has 5 nitrogen and oxygen atoms in total. The summed E-state index contributed by atoms with van der Waals surface area (Å²) >= 11 is 5.71. The Hall–Kier alpha value is -2.74. The van der Waals surface area contributed by atoms with Gasteiger partial charge in [0.2, 0.25) is 5.88 Å². The van der Waals surface area contributed by atoms with Crippen LogP contribution in [-0.4, -0.2) is 20.2 Å². The van der Waals surface area contributed by atoms with Gasteiger partial charge >= 0.3 is 6.18 Å². The molecule has 0 aliphatic carbocycles. The minimum absolute atomic E-state index is 0.0219. The van der Waals surface area contributed by atoms with Crippen molar-refractivity contribution in [2.24, 2.45) is 0 Å².